The van der Waals surface area contributed by atoms with Gasteiger partial charge in [0.15, 0.2) is 0 Å². The van der Waals surface area contributed by atoms with Gasteiger partial charge in [0.05, 0.1) is 0 Å². The molecule has 2 N–H and O–H groups in total. The first-order valence-corrected chi connectivity index (χ1v) is 12.4. The molecule has 34 heavy (non-hydrogen) atoms. The van der Waals surface area contributed by atoms with Crippen LogP contribution in [0.5, 0.6) is 0 Å². The summed E-state index contributed by atoms with van der Waals surface area (Å²) in [6, 6.07) is 16.8. The van der Waals surface area contributed by atoms with Crippen molar-refractivity contribution in [1.29, 1.82) is 0 Å². The Morgan fingerprint density at radius 1 is 1.00 bits per heavy atom. The quantitative estimate of drug-likeness (QED) is 0.592. The molecule has 182 valence electrons. The predicted molar refractivity (Wildman–Crippen MR) is 134 cm³/mol. The molecule has 1 aliphatic heterocycles. The van der Waals surface area contributed by atoms with E-state index in [2.05, 4.69) is 10.6 Å². The summed E-state index contributed by atoms with van der Waals surface area (Å²) in [6.45, 7) is 7.13. The molecule has 3 amide bonds. The second-order valence-corrected chi connectivity index (χ2v) is 9.34. The highest BCUT2D eigenvalue weighted by Crippen LogP contribution is 2.23. The lowest BCUT2D eigenvalue weighted by Gasteiger charge is -2.36. The van der Waals surface area contributed by atoms with Gasteiger partial charge in [0, 0.05) is 31.1 Å². The van der Waals surface area contributed by atoms with Crippen LogP contribution in [0.2, 0.25) is 0 Å². The SMILES string of the molecule is CCC(C)NC(=O)C(NC(=O)c1cccc(C)c1)C1CCN(C(=O)CCc2ccccc2)CC1. The number of piperidine rings is 1. The lowest BCUT2D eigenvalue weighted by molar-refractivity contribution is -0.133. The highest BCUT2D eigenvalue weighted by Gasteiger charge is 2.34. The van der Waals surface area contributed by atoms with E-state index in [1.165, 1.54) is 0 Å². The van der Waals surface area contributed by atoms with E-state index < -0.39 is 6.04 Å². The summed E-state index contributed by atoms with van der Waals surface area (Å²) in [7, 11) is 0. The Bertz CT molecular complexity index is 968. The van der Waals surface area contributed by atoms with Crippen LogP contribution in [0.25, 0.3) is 0 Å². The van der Waals surface area contributed by atoms with Crippen LogP contribution in [0.15, 0.2) is 54.6 Å². The number of likely N-dealkylation sites (tertiary alicyclic amines) is 1. The summed E-state index contributed by atoms with van der Waals surface area (Å²) in [5, 5.41) is 6.03. The van der Waals surface area contributed by atoms with Gasteiger partial charge >= 0.3 is 0 Å². The summed E-state index contributed by atoms with van der Waals surface area (Å²) in [6.07, 6.45) is 3.40. The molecule has 6 nitrogen and oxygen atoms in total. The fourth-order valence-electron chi connectivity index (χ4n) is 4.38. The first-order chi connectivity index (χ1) is 16.4. The Kier molecular flexibility index (Phi) is 9.25. The standard InChI is InChI=1S/C28H37N3O3/c1-4-21(3)29-28(34)26(30-27(33)24-12-8-9-20(2)19-24)23-15-17-31(18-16-23)25(32)14-13-22-10-6-5-7-11-22/h5-12,19,21,23,26H,4,13-18H2,1-3H3,(H,29,34)(H,30,33). The van der Waals surface area contributed by atoms with Gasteiger partial charge in [0.25, 0.3) is 5.91 Å². The molecule has 1 aliphatic rings. The minimum Gasteiger partial charge on any atom is -0.352 e. The Morgan fingerprint density at radius 2 is 1.71 bits per heavy atom. The van der Waals surface area contributed by atoms with Crippen LogP contribution >= 0.6 is 0 Å². The highest BCUT2D eigenvalue weighted by atomic mass is 16.2. The molecule has 0 aromatic heterocycles. The van der Waals surface area contributed by atoms with Crippen molar-refractivity contribution in [2.24, 2.45) is 5.92 Å². The zero-order valence-electron chi connectivity index (χ0n) is 20.5. The average Bonchev–Trinajstić information content (AvgIpc) is 2.86. The maximum absolute atomic E-state index is 13.1. The molecule has 0 bridgehead atoms. The minimum atomic E-state index is -0.622. The van der Waals surface area contributed by atoms with Gasteiger partial charge < -0.3 is 15.5 Å². The molecule has 3 rings (SSSR count). The summed E-state index contributed by atoms with van der Waals surface area (Å²) < 4.78 is 0. The van der Waals surface area contributed by atoms with E-state index in [0.29, 0.717) is 37.9 Å². The number of carbonyl (C=O) groups is 3. The van der Waals surface area contributed by atoms with Gasteiger partial charge in [-0.15, -0.1) is 0 Å². The maximum Gasteiger partial charge on any atom is 0.251 e. The molecule has 0 saturated carbocycles. The van der Waals surface area contributed by atoms with Crippen molar-refractivity contribution >= 4 is 17.7 Å². The third-order valence-electron chi connectivity index (χ3n) is 6.68. The molecule has 2 atom stereocenters. The van der Waals surface area contributed by atoms with Gasteiger partial charge in [0.1, 0.15) is 6.04 Å². The second kappa shape index (κ2) is 12.4. The molecule has 0 radical (unpaired) electrons. The fraction of sp³-hybridized carbons (Fsp3) is 0.464. The number of nitrogens with one attached hydrogen (secondary N) is 2. The zero-order chi connectivity index (χ0) is 24.5. The van der Waals surface area contributed by atoms with E-state index in [4.69, 9.17) is 0 Å². The molecule has 1 fully saturated rings. The molecular weight excluding hydrogens is 426 g/mol. The third kappa shape index (κ3) is 7.17. The molecule has 6 heteroatoms. The highest BCUT2D eigenvalue weighted by molar-refractivity contribution is 5.97. The molecule has 2 unspecified atom stereocenters. The third-order valence-corrected chi connectivity index (χ3v) is 6.68. The summed E-state index contributed by atoms with van der Waals surface area (Å²) in [5.74, 6) is -0.263. The summed E-state index contributed by atoms with van der Waals surface area (Å²) in [5.41, 5.74) is 2.71. The number of rotatable bonds is 9. The molecule has 1 heterocycles. The van der Waals surface area contributed by atoms with Crippen molar-refractivity contribution in [3.05, 3.63) is 71.3 Å². The normalized spacial score (nSPS) is 15.9. The van der Waals surface area contributed by atoms with Crippen molar-refractivity contribution in [2.45, 2.75) is 65.0 Å². The Morgan fingerprint density at radius 3 is 2.35 bits per heavy atom. The van der Waals surface area contributed by atoms with E-state index in [-0.39, 0.29) is 29.7 Å². The Hall–Kier alpha value is -3.15. The van der Waals surface area contributed by atoms with Crippen molar-refractivity contribution < 1.29 is 14.4 Å². The molecule has 2 aromatic carbocycles. The Labute approximate surface area is 203 Å². The lowest BCUT2D eigenvalue weighted by Crippen LogP contribution is -2.55. The van der Waals surface area contributed by atoms with Crippen molar-refractivity contribution in [2.75, 3.05) is 13.1 Å². The second-order valence-electron chi connectivity index (χ2n) is 9.34. The molecule has 1 saturated heterocycles. The van der Waals surface area contributed by atoms with Gasteiger partial charge in [-0.2, -0.15) is 0 Å². The van der Waals surface area contributed by atoms with E-state index in [1.807, 2.05) is 74.2 Å². The van der Waals surface area contributed by atoms with E-state index >= 15 is 0 Å². The number of benzene rings is 2. The molecule has 0 aliphatic carbocycles. The van der Waals surface area contributed by atoms with E-state index in [1.54, 1.807) is 6.07 Å². The first kappa shape index (κ1) is 25.5. The largest absolute Gasteiger partial charge is 0.352 e. The first-order valence-electron chi connectivity index (χ1n) is 12.4. The number of hydrogen-bond acceptors (Lipinski definition) is 3. The number of nitrogens with zero attached hydrogens (tertiary/aromatic N) is 1. The van der Waals surface area contributed by atoms with Gasteiger partial charge in [0.2, 0.25) is 11.8 Å². The van der Waals surface area contributed by atoms with Gasteiger partial charge in [-0.05, 0) is 63.1 Å². The number of carbonyl (C=O) groups excluding carboxylic acids is 3. The Balaban J connectivity index is 1.61. The van der Waals surface area contributed by atoms with Gasteiger partial charge in [-0.25, -0.2) is 0 Å². The fourth-order valence-corrected chi connectivity index (χ4v) is 4.38. The summed E-state index contributed by atoms with van der Waals surface area (Å²) >= 11 is 0. The number of amides is 3. The zero-order valence-corrected chi connectivity index (χ0v) is 20.5. The van der Waals surface area contributed by atoms with Gasteiger partial charge in [-0.1, -0.05) is 55.0 Å². The van der Waals surface area contributed by atoms with Crippen LogP contribution in [0.4, 0.5) is 0 Å². The van der Waals surface area contributed by atoms with Crippen LogP contribution in [-0.4, -0.2) is 47.8 Å². The average molecular weight is 464 g/mol. The van der Waals surface area contributed by atoms with Crippen molar-refractivity contribution in [3.8, 4) is 0 Å². The van der Waals surface area contributed by atoms with Crippen LogP contribution in [0.1, 0.15) is 61.0 Å². The topological polar surface area (TPSA) is 78.5 Å². The minimum absolute atomic E-state index is 0.0176. The van der Waals surface area contributed by atoms with E-state index in [9.17, 15) is 14.4 Å². The monoisotopic (exact) mass is 463 g/mol. The van der Waals surface area contributed by atoms with E-state index in [0.717, 1.165) is 24.0 Å². The van der Waals surface area contributed by atoms with Crippen LogP contribution in [-0.2, 0) is 16.0 Å². The van der Waals surface area contributed by atoms with Crippen molar-refractivity contribution in [1.82, 2.24) is 15.5 Å². The molecule has 2 aromatic rings. The number of hydrogen-bond donors (Lipinski definition) is 2. The molecular formula is C28H37N3O3. The van der Waals surface area contributed by atoms with Crippen LogP contribution < -0.4 is 10.6 Å². The predicted octanol–water partition coefficient (Wildman–Crippen LogP) is 3.88. The molecule has 0 spiro atoms. The van der Waals surface area contributed by atoms with Crippen LogP contribution in [0, 0.1) is 12.8 Å². The van der Waals surface area contributed by atoms with Gasteiger partial charge in [-0.3, -0.25) is 14.4 Å². The lowest BCUT2D eigenvalue weighted by atomic mass is 9.88. The number of aryl methyl sites for hydroxylation is 2. The van der Waals surface area contributed by atoms with Crippen LogP contribution in [0.3, 0.4) is 0 Å². The van der Waals surface area contributed by atoms with Crippen molar-refractivity contribution in [3.63, 3.8) is 0 Å². The maximum atomic E-state index is 13.1. The summed E-state index contributed by atoms with van der Waals surface area (Å²) in [4.78, 5) is 40.7. The smallest absolute Gasteiger partial charge is 0.251 e.